The van der Waals surface area contributed by atoms with Gasteiger partial charge in [0.05, 0.1) is 5.75 Å². The van der Waals surface area contributed by atoms with Gasteiger partial charge in [0.2, 0.25) is 5.91 Å². The summed E-state index contributed by atoms with van der Waals surface area (Å²) < 4.78 is 24.1. The molecule has 2 fully saturated rings. The summed E-state index contributed by atoms with van der Waals surface area (Å²) in [6.07, 6.45) is 4.19. The standard InChI is InChI=1S/C15H25NO5S/c1-10(2)8-22(20,21)9-14(17)16-12-6-4-3-5-11(12)7-13(16)15(18)19/h10-13H,3-9H2,1-2H3,(H,18,19)/t11-,12-,13+/m1/s1. The second-order valence-electron chi connectivity index (χ2n) is 6.95. The summed E-state index contributed by atoms with van der Waals surface area (Å²) >= 11 is 0. The first-order valence-corrected chi connectivity index (χ1v) is 9.78. The molecule has 126 valence electrons. The lowest BCUT2D eigenvalue weighted by atomic mass is 9.85. The fourth-order valence-corrected chi connectivity index (χ4v) is 5.53. The number of carbonyl (C=O) groups excluding carboxylic acids is 1. The zero-order chi connectivity index (χ0) is 16.5. The van der Waals surface area contributed by atoms with Crippen molar-refractivity contribution in [3.05, 3.63) is 0 Å². The molecule has 3 atom stereocenters. The number of hydrogen-bond acceptors (Lipinski definition) is 4. The molecule has 0 spiro atoms. The predicted octanol–water partition coefficient (Wildman–Crippen LogP) is 1.30. The normalized spacial score (nSPS) is 28.7. The number of carboxylic acid groups (broad SMARTS) is 1. The maximum absolute atomic E-state index is 12.5. The lowest BCUT2D eigenvalue weighted by molar-refractivity contribution is -0.148. The van der Waals surface area contributed by atoms with Crippen LogP contribution in [-0.4, -0.2) is 53.9 Å². The van der Waals surface area contributed by atoms with E-state index in [2.05, 4.69) is 0 Å². The molecule has 1 aliphatic carbocycles. The lowest BCUT2D eigenvalue weighted by Crippen LogP contribution is -2.48. The molecule has 0 aromatic carbocycles. The number of carbonyl (C=O) groups is 2. The predicted molar refractivity (Wildman–Crippen MR) is 82.1 cm³/mol. The third kappa shape index (κ3) is 3.80. The van der Waals surface area contributed by atoms with E-state index in [9.17, 15) is 23.1 Å². The van der Waals surface area contributed by atoms with Gasteiger partial charge < -0.3 is 10.0 Å². The highest BCUT2D eigenvalue weighted by molar-refractivity contribution is 7.92. The van der Waals surface area contributed by atoms with Crippen LogP contribution in [0, 0.1) is 11.8 Å². The molecule has 0 aromatic heterocycles. The summed E-state index contributed by atoms with van der Waals surface area (Å²) in [5.74, 6) is -2.02. The van der Waals surface area contributed by atoms with Crippen molar-refractivity contribution in [3.63, 3.8) is 0 Å². The molecule has 1 amide bonds. The molecule has 1 heterocycles. The maximum atomic E-state index is 12.5. The molecule has 0 aromatic rings. The van der Waals surface area contributed by atoms with Crippen LogP contribution in [0.15, 0.2) is 0 Å². The number of hydrogen-bond donors (Lipinski definition) is 1. The molecular weight excluding hydrogens is 306 g/mol. The monoisotopic (exact) mass is 331 g/mol. The Morgan fingerprint density at radius 2 is 1.86 bits per heavy atom. The van der Waals surface area contributed by atoms with E-state index in [1.165, 1.54) is 4.90 Å². The first-order valence-electron chi connectivity index (χ1n) is 7.95. The molecule has 1 saturated heterocycles. The largest absolute Gasteiger partial charge is 0.480 e. The Labute approximate surface area is 131 Å². The molecular formula is C15H25NO5S. The Kier molecular flexibility index (Phi) is 5.14. The Bertz CT molecular complexity index is 542. The van der Waals surface area contributed by atoms with E-state index < -0.39 is 33.5 Å². The summed E-state index contributed by atoms with van der Waals surface area (Å²) in [6, 6.07) is -0.966. The van der Waals surface area contributed by atoms with Crippen LogP contribution in [0.5, 0.6) is 0 Å². The molecule has 0 bridgehead atoms. The van der Waals surface area contributed by atoms with Crippen LogP contribution in [0.4, 0.5) is 0 Å². The highest BCUT2D eigenvalue weighted by atomic mass is 32.2. The van der Waals surface area contributed by atoms with E-state index in [1.807, 2.05) is 0 Å². The minimum Gasteiger partial charge on any atom is -0.480 e. The van der Waals surface area contributed by atoms with Gasteiger partial charge in [-0.2, -0.15) is 0 Å². The summed E-state index contributed by atoms with van der Waals surface area (Å²) in [7, 11) is -3.49. The fourth-order valence-electron chi connectivity index (χ4n) is 3.87. The van der Waals surface area contributed by atoms with Gasteiger partial charge in [0.25, 0.3) is 0 Å². The molecule has 0 unspecified atom stereocenters. The van der Waals surface area contributed by atoms with Crippen LogP contribution in [0.1, 0.15) is 46.0 Å². The zero-order valence-electron chi connectivity index (χ0n) is 13.2. The molecule has 7 heteroatoms. The average Bonchev–Trinajstić information content (AvgIpc) is 2.75. The highest BCUT2D eigenvalue weighted by Gasteiger charge is 2.47. The Balaban J connectivity index is 2.16. The number of nitrogens with zero attached hydrogens (tertiary/aromatic N) is 1. The first-order chi connectivity index (χ1) is 10.2. The van der Waals surface area contributed by atoms with E-state index in [-0.39, 0.29) is 23.6 Å². The number of sulfone groups is 1. The Morgan fingerprint density at radius 3 is 2.45 bits per heavy atom. The molecule has 6 nitrogen and oxygen atoms in total. The van der Waals surface area contributed by atoms with Crippen molar-refractivity contribution < 1.29 is 23.1 Å². The topological polar surface area (TPSA) is 91.8 Å². The Hall–Kier alpha value is -1.11. The number of aliphatic carboxylic acids is 1. The minimum absolute atomic E-state index is 0.0432. The maximum Gasteiger partial charge on any atom is 0.326 e. The summed E-state index contributed by atoms with van der Waals surface area (Å²) in [4.78, 5) is 25.3. The van der Waals surface area contributed by atoms with Crippen molar-refractivity contribution in [2.24, 2.45) is 11.8 Å². The smallest absolute Gasteiger partial charge is 0.326 e. The van der Waals surface area contributed by atoms with Crippen molar-refractivity contribution in [3.8, 4) is 0 Å². The van der Waals surface area contributed by atoms with Gasteiger partial charge in [0.1, 0.15) is 11.8 Å². The van der Waals surface area contributed by atoms with Crippen molar-refractivity contribution in [1.29, 1.82) is 0 Å². The summed E-state index contributed by atoms with van der Waals surface area (Å²) in [6.45, 7) is 3.57. The van der Waals surface area contributed by atoms with Gasteiger partial charge in [-0.25, -0.2) is 13.2 Å². The third-order valence-electron chi connectivity index (χ3n) is 4.59. The molecule has 1 saturated carbocycles. The van der Waals surface area contributed by atoms with Gasteiger partial charge in [0.15, 0.2) is 9.84 Å². The first kappa shape index (κ1) is 17.2. The molecule has 1 N–H and O–H groups in total. The van der Waals surface area contributed by atoms with E-state index in [1.54, 1.807) is 13.8 Å². The highest BCUT2D eigenvalue weighted by Crippen LogP contribution is 2.39. The molecule has 0 radical (unpaired) electrons. The van der Waals surface area contributed by atoms with Crippen molar-refractivity contribution >= 4 is 21.7 Å². The number of fused-ring (bicyclic) bond motifs is 1. The fraction of sp³-hybridized carbons (Fsp3) is 0.867. The summed E-state index contributed by atoms with van der Waals surface area (Å²) in [5, 5.41) is 9.38. The van der Waals surface area contributed by atoms with Crippen molar-refractivity contribution in [2.45, 2.75) is 58.0 Å². The van der Waals surface area contributed by atoms with Gasteiger partial charge in [-0.15, -0.1) is 0 Å². The van der Waals surface area contributed by atoms with Gasteiger partial charge >= 0.3 is 5.97 Å². The SMILES string of the molecule is CC(C)CS(=O)(=O)CC(=O)N1[C@@H]2CCCC[C@@H]2C[C@H]1C(=O)O. The Morgan fingerprint density at radius 1 is 1.23 bits per heavy atom. The third-order valence-corrected chi connectivity index (χ3v) is 6.45. The van der Waals surface area contributed by atoms with Crippen LogP contribution in [0.2, 0.25) is 0 Å². The number of likely N-dealkylation sites (tertiary alicyclic amines) is 1. The molecule has 22 heavy (non-hydrogen) atoms. The van der Waals surface area contributed by atoms with Gasteiger partial charge in [0, 0.05) is 6.04 Å². The van der Waals surface area contributed by atoms with E-state index in [0.29, 0.717) is 6.42 Å². The molecule has 1 aliphatic heterocycles. The van der Waals surface area contributed by atoms with E-state index in [4.69, 9.17) is 0 Å². The lowest BCUT2D eigenvalue weighted by Gasteiger charge is -2.33. The van der Waals surface area contributed by atoms with Crippen molar-refractivity contribution in [2.75, 3.05) is 11.5 Å². The second-order valence-corrected chi connectivity index (χ2v) is 9.06. The van der Waals surface area contributed by atoms with E-state index >= 15 is 0 Å². The zero-order valence-corrected chi connectivity index (χ0v) is 14.0. The van der Waals surface area contributed by atoms with Crippen LogP contribution in [0.25, 0.3) is 0 Å². The summed E-state index contributed by atoms with van der Waals surface area (Å²) in [5.41, 5.74) is 0. The minimum atomic E-state index is -3.49. The van der Waals surface area contributed by atoms with Gasteiger partial charge in [-0.3, -0.25) is 4.79 Å². The number of rotatable bonds is 5. The van der Waals surface area contributed by atoms with Gasteiger partial charge in [-0.05, 0) is 31.1 Å². The van der Waals surface area contributed by atoms with Crippen LogP contribution >= 0.6 is 0 Å². The quantitative estimate of drug-likeness (QED) is 0.820. The average molecular weight is 331 g/mol. The van der Waals surface area contributed by atoms with Crippen LogP contribution in [0.3, 0.4) is 0 Å². The van der Waals surface area contributed by atoms with Gasteiger partial charge in [-0.1, -0.05) is 26.7 Å². The van der Waals surface area contributed by atoms with Crippen LogP contribution in [-0.2, 0) is 19.4 Å². The van der Waals surface area contributed by atoms with Crippen LogP contribution < -0.4 is 0 Å². The number of amides is 1. The van der Waals surface area contributed by atoms with Crippen molar-refractivity contribution in [1.82, 2.24) is 4.90 Å². The number of carboxylic acids is 1. The molecule has 2 rings (SSSR count). The van der Waals surface area contributed by atoms with E-state index in [0.717, 1.165) is 25.7 Å². The molecule has 2 aliphatic rings. The second kappa shape index (κ2) is 6.56.